The number of carbonyl (C=O) groups excluding carboxylic acids is 1. The Morgan fingerprint density at radius 3 is 2.44 bits per heavy atom. The summed E-state index contributed by atoms with van der Waals surface area (Å²) in [6, 6.07) is -0.366. The second kappa shape index (κ2) is 7.62. The molecule has 0 bridgehead atoms. The van der Waals surface area contributed by atoms with E-state index in [1.807, 2.05) is 13.8 Å². The first-order valence-corrected chi connectivity index (χ1v) is 7.17. The van der Waals surface area contributed by atoms with Crippen molar-refractivity contribution in [3.63, 3.8) is 0 Å². The van der Waals surface area contributed by atoms with E-state index in [1.165, 1.54) is 7.11 Å². The number of rotatable bonds is 8. The SMILES string of the molecule is CCCCS(=O)(=O)NC(CC)CC(=O)OC. The first-order chi connectivity index (χ1) is 7.45. The van der Waals surface area contributed by atoms with E-state index in [0.717, 1.165) is 6.42 Å². The summed E-state index contributed by atoms with van der Waals surface area (Å²) in [5.74, 6) is -0.286. The molecule has 6 heteroatoms. The van der Waals surface area contributed by atoms with Crippen LogP contribution in [0.4, 0.5) is 0 Å². The van der Waals surface area contributed by atoms with E-state index in [-0.39, 0.29) is 18.2 Å². The van der Waals surface area contributed by atoms with Crippen LogP contribution in [0.25, 0.3) is 0 Å². The minimum absolute atomic E-state index is 0.0817. The van der Waals surface area contributed by atoms with E-state index >= 15 is 0 Å². The number of hydrogen-bond donors (Lipinski definition) is 1. The van der Waals surface area contributed by atoms with Crippen LogP contribution in [0.15, 0.2) is 0 Å². The molecule has 0 heterocycles. The maximum absolute atomic E-state index is 11.6. The van der Waals surface area contributed by atoms with Crippen molar-refractivity contribution >= 4 is 16.0 Å². The van der Waals surface area contributed by atoms with Gasteiger partial charge in [-0.25, -0.2) is 13.1 Å². The summed E-state index contributed by atoms with van der Waals surface area (Å²) in [5.41, 5.74) is 0. The van der Waals surface area contributed by atoms with Crippen LogP contribution < -0.4 is 4.72 Å². The highest BCUT2D eigenvalue weighted by atomic mass is 32.2. The van der Waals surface area contributed by atoms with Crippen molar-refractivity contribution in [2.75, 3.05) is 12.9 Å². The van der Waals surface area contributed by atoms with Gasteiger partial charge in [-0.3, -0.25) is 4.79 Å². The molecule has 0 fully saturated rings. The number of carbonyl (C=O) groups is 1. The summed E-state index contributed by atoms with van der Waals surface area (Å²) in [4.78, 5) is 11.0. The third kappa shape index (κ3) is 6.79. The van der Waals surface area contributed by atoms with Crippen LogP contribution in [-0.4, -0.2) is 33.3 Å². The Labute approximate surface area is 97.6 Å². The lowest BCUT2D eigenvalue weighted by molar-refractivity contribution is -0.141. The van der Waals surface area contributed by atoms with Crippen molar-refractivity contribution in [2.24, 2.45) is 0 Å². The molecule has 1 N–H and O–H groups in total. The quantitative estimate of drug-likeness (QED) is 0.654. The van der Waals surface area contributed by atoms with Crippen molar-refractivity contribution in [2.45, 2.75) is 45.6 Å². The predicted molar refractivity (Wildman–Crippen MR) is 62.5 cm³/mol. The Morgan fingerprint density at radius 1 is 1.38 bits per heavy atom. The van der Waals surface area contributed by atoms with Gasteiger partial charge in [0.15, 0.2) is 0 Å². The summed E-state index contributed by atoms with van der Waals surface area (Å²) < 4.78 is 30.1. The second-order valence-electron chi connectivity index (χ2n) is 3.68. The van der Waals surface area contributed by atoms with Gasteiger partial charge in [0, 0.05) is 6.04 Å². The highest BCUT2D eigenvalue weighted by Gasteiger charge is 2.18. The van der Waals surface area contributed by atoms with Crippen LogP contribution >= 0.6 is 0 Å². The van der Waals surface area contributed by atoms with E-state index in [9.17, 15) is 13.2 Å². The topological polar surface area (TPSA) is 72.5 Å². The molecule has 5 nitrogen and oxygen atoms in total. The lowest BCUT2D eigenvalue weighted by Crippen LogP contribution is -2.37. The zero-order valence-electron chi connectivity index (χ0n) is 10.2. The number of nitrogens with one attached hydrogen (secondary N) is 1. The molecule has 0 spiro atoms. The van der Waals surface area contributed by atoms with Crippen molar-refractivity contribution in [3.8, 4) is 0 Å². The molecule has 16 heavy (non-hydrogen) atoms. The van der Waals surface area contributed by atoms with E-state index < -0.39 is 16.0 Å². The van der Waals surface area contributed by atoms with Crippen LogP contribution in [-0.2, 0) is 19.6 Å². The molecule has 0 saturated heterocycles. The molecule has 0 saturated carbocycles. The molecule has 0 aromatic rings. The fourth-order valence-electron chi connectivity index (χ4n) is 1.20. The first-order valence-electron chi connectivity index (χ1n) is 5.52. The second-order valence-corrected chi connectivity index (χ2v) is 5.55. The van der Waals surface area contributed by atoms with E-state index in [2.05, 4.69) is 9.46 Å². The van der Waals surface area contributed by atoms with Gasteiger partial charge in [-0.2, -0.15) is 0 Å². The number of ether oxygens (including phenoxy) is 1. The summed E-state index contributed by atoms with van der Waals surface area (Å²) in [6.45, 7) is 3.76. The zero-order chi connectivity index (χ0) is 12.6. The highest BCUT2D eigenvalue weighted by molar-refractivity contribution is 7.89. The standard InChI is InChI=1S/C10H21NO4S/c1-4-6-7-16(13,14)11-9(5-2)8-10(12)15-3/h9,11H,4-8H2,1-3H3. The van der Waals surface area contributed by atoms with E-state index in [0.29, 0.717) is 12.8 Å². The summed E-state index contributed by atoms with van der Waals surface area (Å²) in [5, 5.41) is 0. The van der Waals surface area contributed by atoms with Gasteiger partial charge in [0.25, 0.3) is 0 Å². The molecule has 1 atom stereocenters. The van der Waals surface area contributed by atoms with Crippen molar-refractivity contribution in [3.05, 3.63) is 0 Å². The molecule has 0 aromatic carbocycles. The van der Waals surface area contributed by atoms with Crippen LogP contribution in [0.5, 0.6) is 0 Å². The lowest BCUT2D eigenvalue weighted by Gasteiger charge is -2.15. The van der Waals surface area contributed by atoms with Gasteiger partial charge >= 0.3 is 5.97 Å². The minimum Gasteiger partial charge on any atom is -0.469 e. The van der Waals surface area contributed by atoms with Crippen molar-refractivity contribution in [1.29, 1.82) is 0 Å². The van der Waals surface area contributed by atoms with Crippen molar-refractivity contribution < 1.29 is 17.9 Å². The third-order valence-electron chi connectivity index (χ3n) is 2.25. The summed E-state index contributed by atoms with van der Waals surface area (Å²) in [7, 11) is -1.97. The Morgan fingerprint density at radius 2 is 2.00 bits per heavy atom. The van der Waals surface area contributed by atoms with Gasteiger partial charge in [0.1, 0.15) is 0 Å². The van der Waals surface area contributed by atoms with Gasteiger partial charge in [-0.05, 0) is 12.8 Å². The fraction of sp³-hybridized carbons (Fsp3) is 0.900. The first kappa shape index (κ1) is 15.4. The molecule has 96 valence electrons. The van der Waals surface area contributed by atoms with Crippen LogP contribution in [0.3, 0.4) is 0 Å². The van der Waals surface area contributed by atoms with E-state index in [4.69, 9.17) is 0 Å². The zero-order valence-corrected chi connectivity index (χ0v) is 11.0. The molecule has 0 aliphatic heterocycles. The number of unbranched alkanes of at least 4 members (excludes halogenated alkanes) is 1. The maximum Gasteiger partial charge on any atom is 0.307 e. The highest BCUT2D eigenvalue weighted by Crippen LogP contribution is 2.03. The largest absolute Gasteiger partial charge is 0.469 e. The van der Waals surface area contributed by atoms with Gasteiger partial charge in [0.05, 0.1) is 19.3 Å². The number of methoxy groups -OCH3 is 1. The molecule has 0 aromatic heterocycles. The summed E-state index contributed by atoms with van der Waals surface area (Å²) in [6.07, 6.45) is 2.11. The maximum atomic E-state index is 11.6. The molecule has 0 aliphatic carbocycles. The molecule has 0 aliphatic rings. The Bertz CT molecular complexity index is 300. The smallest absolute Gasteiger partial charge is 0.307 e. The fourth-order valence-corrected chi connectivity index (χ4v) is 2.75. The van der Waals surface area contributed by atoms with Crippen molar-refractivity contribution in [1.82, 2.24) is 4.72 Å². The normalized spacial score (nSPS) is 13.4. The average molecular weight is 251 g/mol. The third-order valence-corrected chi connectivity index (χ3v) is 3.76. The van der Waals surface area contributed by atoms with Gasteiger partial charge in [-0.1, -0.05) is 20.3 Å². The van der Waals surface area contributed by atoms with Gasteiger partial charge < -0.3 is 4.74 Å². The molecule has 0 radical (unpaired) electrons. The van der Waals surface area contributed by atoms with E-state index in [1.54, 1.807) is 0 Å². The monoisotopic (exact) mass is 251 g/mol. The minimum atomic E-state index is -3.27. The molecule has 1 unspecified atom stereocenters. The Balaban J connectivity index is 4.25. The summed E-state index contributed by atoms with van der Waals surface area (Å²) >= 11 is 0. The van der Waals surface area contributed by atoms with Crippen LogP contribution in [0.1, 0.15) is 39.5 Å². The number of sulfonamides is 1. The lowest BCUT2D eigenvalue weighted by atomic mass is 10.2. The average Bonchev–Trinajstić information content (AvgIpc) is 2.25. The number of esters is 1. The molecular formula is C10H21NO4S. The van der Waals surface area contributed by atoms with Crippen LogP contribution in [0, 0.1) is 0 Å². The van der Waals surface area contributed by atoms with Gasteiger partial charge in [0.2, 0.25) is 10.0 Å². The van der Waals surface area contributed by atoms with Gasteiger partial charge in [-0.15, -0.1) is 0 Å². The molecule has 0 amide bonds. The number of hydrogen-bond acceptors (Lipinski definition) is 4. The molecular weight excluding hydrogens is 230 g/mol. The van der Waals surface area contributed by atoms with Crippen LogP contribution in [0.2, 0.25) is 0 Å². The Hall–Kier alpha value is -0.620. The molecule has 0 rings (SSSR count). The predicted octanol–water partition coefficient (Wildman–Crippen LogP) is 1.05. The Kier molecular flexibility index (Phi) is 7.33.